The predicted molar refractivity (Wildman–Crippen MR) is 170 cm³/mol. The summed E-state index contributed by atoms with van der Waals surface area (Å²) in [5.41, 5.74) is 6.64. The highest BCUT2D eigenvalue weighted by Crippen LogP contribution is 2.78. The number of ether oxygens (including phenoxy) is 1. The first-order chi connectivity index (χ1) is 19.3. The molecule has 4 saturated carbocycles. The zero-order chi connectivity index (χ0) is 29.6. The molecule has 0 N–H and O–H groups in total. The molecule has 224 valence electrons. The number of methoxy groups -OCH3 is 1. The Morgan fingerprint density at radius 1 is 0.927 bits per heavy atom. The van der Waals surface area contributed by atoms with E-state index >= 15 is 0 Å². The van der Waals surface area contributed by atoms with Crippen LogP contribution < -0.4 is 0 Å². The van der Waals surface area contributed by atoms with E-state index in [2.05, 4.69) is 73.3 Å². The maximum Gasteiger partial charge on any atom is 0.337 e. The Labute approximate surface area is 250 Å². The normalized spacial score (nSPS) is 44.5. The molecule has 0 amide bonds. The molecule has 0 heterocycles. The Hall–Kier alpha value is -1.83. The van der Waals surface area contributed by atoms with Crippen LogP contribution in [-0.4, -0.2) is 13.1 Å². The second-order valence-electron chi connectivity index (χ2n) is 16.5. The summed E-state index contributed by atoms with van der Waals surface area (Å²) in [6.45, 7) is 22.6. The van der Waals surface area contributed by atoms with Crippen molar-refractivity contribution in [2.45, 2.75) is 113 Å². The van der Waals surface area contributed by atoms with Gasteiger partial charge < -0.3 is 4.74 Å². The average Bonchev–Trinajstić information content (AvgIpc) is 3.30. The number of benzene rings is 1. The standard InChI is InChI=1S/C39H56O2/c1-10-39-22-19-31-35(4,5)29(26-11-13-27(14-12-26)34(40)41-9)18-21-37(31,7)32(39)16-15-30-33-28(25(2)3)17-20-36(33,6)23-24-38(30,39)8/h11-14,18,28,30-33H,2,10,15-17,19-24H2,1,3-9H3/t28-,30+,31-,32+,33+,36?,37-,38+,39+/m0/s1. The van der Waals surface area contributed by atoms with Crippen molar-refractivity contribution in [2.75, 3.05) is 7.11 Å². The molecule has 9 atom stereocenters. The highest BCUT2D eigenvalue weighted by Gasteiger charge is 2.70. The molecule has 5 aliphatic carbocycles. The van der Waals surface area contributed by atoms with Crippen molar-refractivity contribution >= 4 is 11.5 Å². The highest BCUT2D eigenvalue weighted by molar-refractivity contribution is 5.89. The number of esters is 1. The van der Waals surface area contributed by atoms with Crippen molar-refractivity contribution in [1.82, 2.24) is 0 Å². The summed E-state index contributed by atoms with van der Waals surface area (Å²) in [7, 11) is 1.45. The average molecular weight is 557 g/mol. The molecule has 2 nitrogen and oxygen atoms in total. The molecule has 0 spiro atoms. The smallest absolute Gasteiger partial charge is 0.337 e. The Balaban J connectivity index is 1.37. The fourth-order valence-electron chi connectivity index (χ4n) is 13.0. The quantitative estimate of drug-likeness (QED) is 0.272. The van der Waals surface area contributed by atoms with Crippen molar-refractivity contribution in [3.8, 4) is 0 Å². The number of fused-ring (bicyclic) bond motifs is 7. The van der Waals surface area contributed by atoms with Gasteiger partial charge in [-0.1, -0.05) is 71.9 Å². The van der Waals surface area contributed by atoms with E-state index < -0.39 is 0 Å². The number of hydrogen-bond acceptors (Lipinski definition) is 2. The lowest BCUT2D eigenvalue weighted by molar-refractivity contribution is -0.233. The summed E-state index contributed by atoms with van der Waals surface area (Å²) >= 11 is 0. The topological polar surface area (TPSA) is 26.3 Å². The molecule has 6 rings (SSSR count). The molecule has 1 aromatic rings. The molecule has 5 aliphatic rings. The Bertz CT molecular complexity index is 1250. The van der Waals surface area contributed by atoms with E-state index in [4.69, 9.17) is 4.74 Å². The van der Waals surface area contributed by atoms with E-state index in [0.29, 0.717) is 33.1 Å². The van der Waals surface area contributed by atoms with Crippen molar-refractivity contribution in [1.29, 1.82) is 0 Å². The molecule has 1 aromatic carbocycles. The fraction of sp³-hybridized carbons (Fsp3) is 0.718. The van der Waals surface area contributed by atoms with Crippen LogP contribution in [0.4, 0.5) is 0 Å². The van der Waals surface area contributed by atoms with E-state index in [1.165, 1.54) is 88.0 Å². The molecule has 0 aliphatic heterocycles. The van der Waals surface area contributed by atoms with Gasteiger partial charge in [0, 0.05) is 0 Å². The number of hydrogen-bond donors (Lipinski definition) is 0. The maximum atomic E-state index is 12.1. The zero-order valence-electron chi connectivity index (χ0n) is 27.4. The summed E-state index contributed by atoms with van der Waals surface area (Å²) in [6.07, 6.45) is 16.3. The van der Waals surface area contributed by atoms with Crippen LogP contribution in [0.5, 0.6) is 0 Å². The van der Waals surface area contributed by atoms with Crippen LogP contribution in [-0.2, 0) is 4.74 Å². The van der Waals surface area contributed by atoms with E-state index in [0.717, 1.165) is 23.7 Å². The van der Waals surface area contributed by atoms with E-state index in [1.807, 2.05) is 12.1 Å². The third kappa shape index (κ3) is 3.83. The summed E-state index contributed by atoms with van der Waals surface area (Å²) in [5.74, 6) is 3.60. The second-order valence-corrected chi connectivity index (χ2v) is 16.5. The number of rotatable bonds is 4. The maximum absolute atomic E-state index is 12.1. The van der Waals surface area contributed by atoms with Gasteiger partial charge in [0.2, 0.25) is 0 Å². The Kier molecular flexibility index (Phi) is 6.84. The summed E-state index contributed by atoms with van der Waals surface area (Å²) < 4.78 is 4.95. The molecule has 0 radical (unpaired) electrons. The minimum Gasteiger partial charge on any atom is -0.465 e. The molecule has 1 unspecified atom stereocenters. The van der Waals surface area contributed by atoms with Crippen LogP contribution in [0.3, 0.4) is 0 Å². The third-order valence-electron chi connectivity index (χ3n) is 15.0. The first-order valence-corrected chi connectivity index (χ1v) is 16.8. The van der Waals surface area contributed by atoms with Crippen LogP contribution in [0.2, 0.25) is 0 Å². The van der Waals surface area contributed by atoms with Crippen molar-refractivity contribution in [3.05, 3.63) is 53.6 Å². The summed E-state index contributed by atoms with van der Waals surface area (Å²) in [4.78, 5) is 12.1. The van der Waals surface area contributed by atoms with Crippen LogP contribution in [0.25, 0.3) is 5.57 Å². The van der Waals surface area contributed by atoms with Crippen LogP contribution >= 0.6 is 0 Å². The molecule has 0 aromatic heterocycles. The molecular weight excluding hydrogens is 500 g/mol. The van der Waals surface area contributed by atoms with E-state index in [9.17, 15) is 4.79 Å². The van der Waals surface area contributed by atoms with Gasteiger partial charge in [0.15, 0.2) is 0 Å². The van der Waals surface area contributed by atoms with Crippen LogP contribution in [0.15, 0.2) is 42.5 Å². The number of carbonyl (C=O) groups is 1. The molecule has 4 fully saturated rings. The molecular formula is C39H56O2. The van der Waals surface area contributed by atoms with E-state index in [1.54, 1.807) is 0 Å². The lowest BCUT2D eigenvalue weighted by atomic mass is 9.31. The van der Waals surface area contributed by atoms with Gasteiger partial charge in [0.1, 0.15) is 0 Å². The predicted octanol–water partition coefficient (Wildman–Crippen LogP) is 10.5. The van der Waals surface area contributed by atoms with Gasteiger partial charge in [0.05, 0.1) is 12.7 Å². The Morgan fingerprint density at radius 2 is 1.63 bits per heavy atom. The first kappa shape index (κ1) is 29.3. The monoisotopic (exact) mass is 556 g/mol. The van der Waals surface area contributed by atoms with Gasteiger partial charge in [0.25, 0.3) is 0 Å². The van der Waals surface area contributed by atoms with E-state index in [-0.39, 0.29) is 11.4 Å². The van der Waals surface area contributed by atoms with Gasteiger partial charge in [-0.15, -0.1) is 0 Å². The Morgan fingerprint density at radius 3 is 2.27 bits per heavy atom. The van der Waals surface area contributed by atoms with Gasteiger partial charge in [-0.3, -0.25) is 0 Å². The van der Waals surface area contributed by atoms with Gasteiger partial charge in [-0.05, 0) is 151 Å². The molecule has 0 saturated heterocycles. The second kappa shape index (κ2) is 9.59. The lowest BCUT2D eigenvalue weighted by Crippen LogP contribution is -2.66. The van der Waals surface area contributed by atoms with Gasteiger partial charge in [-0.25, -0.2) is 4.79 Å². The van der Waals surface area contributed by atoms with Gasteiger partial charge in [-0.2, -0.15) is 0 Å². The van der Waals surface area contributed by atoms with Crippen molar-refractivity contribution in [2.24, 2.45) is 56.7 Å². The third-order valence-corrected chi connectivity index (χ3v) is 15.0. The molecule has 0 bridgehead atoms. The largest absolute Gasteiger partial charge is 0.465 e. The molecule has 2 heteroatoms. The summed E-state index contributed by atoms with van der Waals surface area (Å²) in [5, 5.41) is 0. The van der Waals surface area contributed by atoms with Crippen molar-refractivity contribution < 1.29 is 9.53 Å². The first-order valence-electron chi connectivity index (χ1n) is 16.8. The van der Waals surface area contributed by atoms with Crippen LogP contribution in [0.1, 0.15) is 129 Å². The van der Waals surface area contributed by atoms with Gasteiger partial charge >= 0.3 is 5.97 Å². The van der Waals surface area contributed by atoms with Crippen LogP contribution in [0, 0.1) is 56.7 Å². The summed E-state index contributed by atoms with van der Waals surface area (Å²) in [6, 6.07) is 8.17. The number of carbonyl (C=O) groups excluding carboxylic acids is 1. The SMILES string of the molecule is C=C(C)[C@@H]1CCC2(C)CC[C@]3(C)[C@H](CC[C@@H]4[C@@]5(C)CC=C(c6ccc(C(=O)OC)cc6)C(C)(C)[C@@H]5CC[C@]43CC)[C@@H]12. The lowest BCUT2D eigenvalue weighted by Gasteiger charge is -2.73. The highest BCUT2D eigenvalue weighted by atomic mass is 16.5. The van der Waals surface area contributed by atoms with Crippen molar-refractivity contribution in [3.63, 3.8) is 0 Å². The fourth-order valence-corrected chi connectivity index (χ4v) is 13.0. The zero-order valence-corrected chi connectivity index (χ0v) is 27.4. The minimum absolute atomic E-state index is 0.0963. The number of allylic oxidation sites excluding steroid dienone is 3. The molecule has 41 heavy (non-hydrogen) atoms. The minimum atomic E-state index is -0.261.